The van der Waals surface area contributed by atoms with Crippen molar-refractivity contribution in [2.24, 2.45) is 5.41 Å². The minimum atomic E-state index is 0.681. The van der Waals surface area contributed by atoms with Crippen molar-refractivity contribution in [2.45, 2.75) is 65.8 Å². The van der Waals surface area contributed by atoms with Crippen LogP contribution in [0.3, 0.4) is 0 Å². The highest BCUT2D eigenvalue weighted by molar-refractivity contribution is 4.94. The van der Waals surface area contributed by atoms with E-state index in [4.69, 9.17) is 0 Å². The number of likely N-dealkylation sites (tertiary alicyclic amines) is 1. The predicted octanol–water partition coefficient (Wildman–Crippen LogP) is 3.52. The van der Waals surface area contributed by atoms with Gasteiger partial charge in [0.25, 0.3) is 0 Å². The van der Waals surface area contributed by atoms with Gasteiger partial charge < -0.3 is 10.2 Å². The number of nitrogens with zero attached hydrogens (tertiary/aromatic N) is 1. The quantitative estimate of drug-likeness (QED) is 0.757. The van der Waals surface area contributed by atoms with Gasteiger partial charge in [0.05, 0.1) is 0 Å². The maximum Gasteiger partial charge on any atom is 0.00698 e. The first-order chi connectivity index (χ1) is 8.24. The van der Waals surface area contributed by atoms with Gasteiger partial charge in [0.1, 0.15) is 0 Å². The fraction of sp³-hybridized carbons (Fsp3) is 1.00. The third-order valence-corrected chi connectivity index (χ3v) is 3.98. The zero-order valence-electron chi connectivity index (χ0n) is 13.0. The van der Waals surface area contributed by atoms with E-state index in [9.17, 15) is 0 Å². The third kappa shape index (κ3) is 4.97. The molecule has 2 rings (SSSR count). The summed E-state index contributed by atoms with van der Waals surface area (Å²) >= 11 is 0. The van der Waals surface area contributed by atoms with Crippen molar-refractivity contribution in [1.29, 1.82) is 0 Å². The third-order valence-electron chi connectivity index (χ3n) is 3.98. The second-order valence-electron chi connectivity index (χ2n) is 5.07. The monoisotopic (exact) mass is 242 g/mol. The molecule has 0 aromatic carbocycles. The standard InChI is InChI=1S/C11H22N2.2C2H6/c1-12-10-4-3-5-11(8-10)6-7-13(2)9-11;2*1-2/h10,12H,3-9H2,1-2H3;2*1-2H3. The van der Waals surface area contributed by atoms with Crippen LogP contribution in [0.15, 0.2) is 0 Å². The molecule has 1 aliphatic carbocycles. The number of nitrogens with one attached hydrogen (secondary N) is 1. The van der Waals surface area contributed by atoms with E-state index in [0.29, 0.717) is 5.41 Å². The molecule has 1 heterocycles. The molecule has 104 valence electrons. The van der Waals surface area contributed by atoms with E-state index >= 15 is 0 Å². The summed E-state index contributed by atoms with van der Waals surface area (Å²) in [6.07, 6.45) is 7.13. The minimum absolute atomic E-state index is 0.681. The maximum absolute atomic E-state index is 3.45. The van der Waals surface area contributed by atoms with Crippen molar-refractivity contribution < 1.29 is 0 Å². The molecule has 1 saturated carbocycles. The van der Waals surface area contributed by atoms with Crippen molar-refractivity contribution in [3.8, 4) is 0 Å². The molecular weight excluding hydrogens is 208 g/mol. The Morgan fingerprint density at radius 3 is 2.24 bits per heavy atom. The van der Waals surface area contributed by atoms with E-state index in [2.05, 4.69) is 24.3 Å². The summed E-state index contributed by atoms with van der Waals surface area (Å²) in [5.74, 6) is 0. The molecule has 1 saturated heterocycles. The molecule has 1 aliphatic heterocycles. The van der Waals surface area contributed by atoms with Crippen LogP contribution in [0.4, 0.5) is 0 Å². The molecule has 17 heavy (non-hydrogen) atoms. The second-order valence-corrected chi connectivity index (χ2v) is 5.07. The van der Waals surface area contributed by atoms with E-state index in [1.165, 1.54) is 45.2 Å². The highest BCUT2D eigenvalue weighted by atomic mass is 15.1. The van der Waals surface area contributed by atoms with E-state index in [-0.39, 0.29) is 0 Å². The van der Waals surface area contributed by atoms with Gasteiger partial charge >= 0.3 is 0 Å². The van der Waals surface area contributed by atoms with Crippen LogP contribution in [0.5, 0.6) is 0 Å². The largest absolute Gasteiger partial charge is 0.317 e. The fourth-order valence-corrected chi connectivity index (χ4v) is 3.23. The first-order valence-electron chi connectivity index (χ1n) is 7.60. The first kappa shape index (κ1) is 16.9. The van der Waals surface area contributed by atoms with Gasteiger partial charge in [-0.2, -0.15) is 0 Å². The van der Waals surface area contributed by atoms with Gasteiger partial charge in [0.15, 0.2) is 0 Å². The van der Waals surface area contributed by atoms with Crippen LogP contribution >= 0.6 is 0 Å². The van der Waals surface area contributed by atoms with Gasteiger partial charge in [0.2, 0.25) is 0 Å². The molecule has 2 heteroatoms. The van der Waals surface area contributed by atoms with Gasteiger partial charge in [-0.15, -0.1) is 0 Å². The molecule has 0 radical (unpaired) electrons. The summed E-state index contributed by atoms with van der Waals surface area (Å²) in [5, 5.41) is 3.45. The Bertz CT molecular complexity index is 178. The van der Waals surface area contributed by atoms with Crippen LogP contribution in [0.25, 0.3) is 0 Å². The van der Waals surface area contributed by atoms with Gasteiger partial charge in [-0.1, -0.05) is 34.1 Å². The Morgan fingerprint density at radius 2 is 1.76 bits per heavy atom. The molecule has 2 atom stereocenters. The Balaban J connectivity index is 0.000000581. The lowest BCUT2D eigenvalue weighted by Crippen LogP contribution is -2.39. The zero-order valence-corrected chi connectivity index (χ0v) is 13.0. The Morgan fingerprint density at radius 1 is 1.12 bits per heavy atom. The summed E-state index contributed by atoms with van der Waals surface area (Å²) in [7, 11) is 4.38. The van der Waals surface area contributed by atoms with Crippen molar-refractivity contribution in [3.05, 3.63) is 0 Å². The summed E-state index contributed by atoms with van der Waals surface area (Å²) < 4.78 is 0. The first-order valence-corrected chi connectivity index (χ1v) is 7.60. The van der Waals surface area contributed by atoms with Crippen LogP contribution in [-0.4, -0.2) is 38.1 Å². The van der Waals surface area contributed by atoms with Crippen LogP contribution < -0.4 is 5.32 Å². The van der Waals surface area contributed by atoms with Crippen LogP contribution in [-0.2, 0) is 0 Å². The molecule has 0 amide bonds. The van der Waals surface area contributed by atoms with E-state index in [0.717, 1.165) is 6.04 Å². The summed E-state index contributed by atoms with van der Waals surface area (Å²) in [6, 6.07) is 0.792. The predicted molar refractivity (Wildman–Crippen MR) is 78.6 cm³/mol. The molecular formula is C15H34N2. The molecule has 0 aromatic heterocycles. The summed E-state index contributed by atoms with van der Waals surface area (Å²) in [4.78, 5) is 2.50. The molecule has 2 fully saturated rings. The number of rotatable bonds is 1. The highest BCUT2D eigenvalue weighted by Crippen LogP contribution is 2.43. The van der Waals surface area contributed by atoms with Crippen LogP contribution in [0.2, 0.25) is 0 Å². The van der Waals surface area contributed by atoms with Crippen molar-refractivity contribution in [2.75, 3.05) is 27.2 Å². The van der Waals surface area contributed by atoms with Crippen molar-refractivity contribution in [3.63, 3.8) is 0 Å². The van der Waals surface area contributed by atoms with Gasteiger partial charge in [-0.05, 0) is 51.7 Å². The molecule has 0 aromatic rings. The van der Waals surface area contributed by atoms with Gasteiger partial charge in [-0.25, -0.2) is 0 Å². The summed E-state index contributed by atoms with van der Waals surface area (Å²) in [6.45, 7) is 10.7. The lowest BCUT2D eigenvalue weighted by Gasteiger charge is -2.37. The second kappa shape index (κ2) is 8.93. The summed E-state index contributed by atoms with van der Waals surface area (Å²) in [5.41, 5.74) is 0.681. The topological polar surface area (TPSA) is 15.3 Å². The Kier molecular flexibility index (Phi) is 8.89. The average Bonchev–Trinajstić information content (AvgIpc) is 2.75. The van der Waals surface area contributed by atoms with Gasteiger partial charge in [-0.3, -0.25) is 0 Å². The van der Waals surface area contributed by atoms with Gasteiger partial charge in [0, 0.05) is 12.6 Å². The molecule has 2 nitrogen and oxygen atoms in total. The van der Waals surface area contributed by atoms with Crippen molar-refractivity contribution >= 4 is 0 Å². The molecule has 0 bridgehead atoms. The minimum Gasteiger partial charge on any atom is -0.317 e. The smallest absolute Gasteiger partial charge is 0.00698 e. The maximum atomic E-state index is 3.45. The van der Waals surface area contributed by atoms with Crippen LogP contribution in [0.1, 0.15) is 59.8 Å². The van der Waals surface area contributed by atoms with Crippen LogP contribution in [0, 0.1) is 5.41 Å². The zero-order chi connectivity index (χ0) is 13.3. The Labute approximate surface area is 109 Å². The lowest BCUT2D eigenvalue weighted by molar-refractivity contribution is 0.165. The van der Waals surface area contributed by atoms with E-state index < -0.39 is 0 Å². The molecule has 1 spiro atoms. The normalized spacial score (nSPS) is 32.5. The number of hydrogen-bond acceptors (Lipinski definition) is 2. The van der Waals surface area contributed by atoms with E-state index in [1.807, 2.05) is 27.7 Å². The molecule has 2 aliphatic rings. The van der Waals surface area contributed by atoms with Crippen molar-refractivity contribution in [1.82, 2.24) is 10.2 Å². The SMILES string of the molecule is CC.CC.CNC1CCCC2(CCN(C)C2)C1. The molecule has 1 N–H and O–H groups in total. The number of hydrogen-bond donors (Lipinski definition) is 1. The van der Waals surface area contributed by atoms with E-state index in [1.54, 1.807) is 0 Å². The fourth-order valence-electron chi connectivity index (χ4n) is 3.23. The lowest BCUT2D eigenvalue weighted by atomic mass is 9.71. The molecule has 2 unspecified atom stereocenters. The Hall–Kier alpha value is -0.0800. The average molecular weight is 242 g/mol. The highest BCUT2D eigenvalue weighted by Gasteiger charge is 2.40.